The van der Waals surface area contributed by atoms with Gasteiger partial charge in [0.1, 0.15) is 5.75 Å². The largest absolute Gasteiger partial charge is 0.497 e. The summed E-state index contributed by atoms with van der Waals surface area (Å²) in [5.41, 5.74) is 1.25. The maximum absolute atomic E-state index is 5.23. The minimum Gasteiger partial charge on any atom is -0.497 e. The van der Waals surface area contributed by atoms with Crippen LogP contribution in [0.25, 0.3) is 0 Å². The van der Waals surface area contributed by atoms with Crippen molar-refractivity contribution in [1.82, 2.24) is 15.5 Å². The molecular weight excluding hydrogens is 288 g/mol. The van der Waals surface area contributed by atoms with Crippen molar-refractivity contribution >= 4 is 5.96 Å². The van der Waals surface area contributed by atoms with E-state index in [1.165, 1.54) is 5.56 Å². The fourth-order valence-electron chi connectivity index (χ4n) is 2.19. The lowest BCUT2D eigenvalue weighted by molar-refractivity contribution is 0.297. The molecule has 0 aliphatic rings. The average Bonchev–Trinajstić information content (AvgIpc) is 2.53. The SMILES string of the molecule is CN=C(NCC(c1ccc(OC)cc1)N(C)C)NC(C)C(C)C. The number of rotatable bonds is 7. The summed E-state index contributed by atoms with van der Waals surface area (Å²) in [4.78, 5) is 6.52. The number of guanidine groups is 1. The van der Waals surface area contributed by atoms with Gasteiger partial charge in [-0.2, -0.15) is 0 Å². The quantitative estimate of drug-likeness (QED) is 0.599. The van der Waals surface area contributed by atoms with Crippen LogP contribution in [0.2, 0.25) is 0 Å². The van der Waals surface area contributed by atoms with E-state index in [0.29, 0.717) is 12.0 Å². The fourth-order valence-corrected chi connectivity index (χ4v) is 2.19. The summed E-state index contributed by atoms with van der Waals surface area (Å²) in [7, 11) is 7.67. The average molecular weight is 320 g/mol. The third-order valence-electron chi connectivity index (χ3n) is 4.17. The van der Waals surface area contributed by atoms with Crippen LogP contribution in [0, 0.1) is 5.92 Å². The van der Waals surface area contributed by atoms with E-state index in [1.807, 2.05) is 12.1 Å². The third-order valence-corrected chi connectivity index (χ3v) is 4.17. The molecule has 0 aliphatic carbocycles. The molecule has 0 aromatic heterocycles. The van der Waals surface area contributed by atoms with Gasteiger partial charge in [0.15, 0.2) is 5.96 Å². The van der Waals surface area contributed by atoms with Crippen LogP contribution in [0.15, 0.2) is 29.3 Å². The van der Waals surface area contributed by atoms with Crippen molar-refractivity contribution in [3.63, 3.8) is 0 Å². The van der Waals surface area contributed by atoms with Gasteiger partial charge < -0.3 is 20.3 Å². The Bertz CT molecular complexity index is 482. The van der Waals surface area contributed by atoms with Crippen LogP contribution in [0.3, 0.4) is 0 Å². The third kappa shape index (κ3) is 6.10. The highest BCUT2D eigenvalue weighted by atomic mass is 16.5. The second-order valence-corrected chi connectivity index (χ2v) is 6.38. The van der Waals surface area contributed by atoms with Crippen molar-refractivity contribution in [3.05, 3.63) is 29.8 Å². The molecule has 0 aliphatic heterocycles. The van der Waals surface area contributed by atoms with Gasteiger partial charge in [-0.05, 0) is 44.6 Å². The molecule has 0 heterocycles. The number of methoxy groups -OCH3 is 1. The number of hydrogen-bond donors (Lipinski definition) is 2. The number of benzene rings is 1. The van der Waals surface area contributed by atoms with E-state index in [4.69, 9.17) is 4.74 Å². The van der Waals surface area contributed by atoms with E-state index in [2.05, 4.69) is 67.5 Å². The van der Waals surface area contributed by atoms with Gasteiger partial charge in [-0.25, -0.2) is 0 Å². The Kier molecular flexibility index (Phi) is 7.89. The normalized spacial score (nSPS) is 14.7. The summed E-state index contributed by atoms with van der Waals surface area (Å²) in [6, 6.07) is 8.85. The molecule has 0 bridgehead atoms. The van der Waals surface area contributed by atoms with E-state index < -0.39 is 0 Å². The standard InChI is InChI=1S/C18H32N4O/c1-13(2)14(3)21-18(19-4)20-12-17(22(5)6)15-8-10-16(23-7)11-9-15/h8-11,13-14,17H,12H2,1-7H3,(H2,19,20,21). The molecule has 2 N–H and O–H groups in total. The van der Waals surface area contributed by atoms with E-state index in [1.54, 1.807) is 14.2 Å². The molecule has 2 unspecified atom stereocenters. The zero-order valence-corrected chi connectivity index (χ0v) is 15.6. The molecule has 5 nitrogen and oxygen atoms in total. The molecule has 130 valence electrons. The van der Waals surface area contributed by atoms with Gasteiger partial charge in [-0.1, -0.05) is 26.0 Å². The molecule has 2 atom stereocenters. The Balaban J connectivity index is 2.72. The van der Waals surface area contributed by atoms with Crippen molar-refractivity contribution in [2.45, 2.75) is 32.9 Å². The highest BCUT2D eigenvalue weighted by molar-refractivity contribution is 5.80. The van der Waals surface area contributed by atoms with Gasteiger partial charge in [0.25, 0.3) is 0 Å². The molecule has 0 fully saturated rings. The smallest absolute Gasteiger partial charge is 0.191 e. The molecule has 0 amide bonds. The summed E-state index contributed by atoms with van der Waals surface area (Å²) >= 11 is 0. The van der Waals surface area contributed by atoms with Gasteiger partial charge in [0.05, 0.1) is 13.2 Å². The predicted octanol–water partition coefficient (Wildman–Crippen LogP) is 2.51. The van der Waals surface area contributed by atoms with Crippen LogP contribution in [0.5, 0.6) is 5.75 Å². The second kappa shape index (κ2) is 9.40. The topological polar surface area (TPSA) is 48.9 Å². The second-order valence-electron chi connectivity index (χ2n) is 6.38. The van der Waals surface area contributed by atoms with Crippen molar-refractivity contribution in [2.75, 3.05) is 34.8 Å². The van der Waals surface area contributed by atoms with Crippen LogP contribution in [-0.4, -0.2) is 51.7 Å². The molecule has 0 saturated carbocycles. The number of nitrogens with one attached hydrogen (secondary N) is 2. The first-order chi connectivity index (χ1) is 10.9. The molecular formula is C18H32N4O. The summed E-state index contributed by atoms with van der Waals surface area (Å²) in [6.45, 7) is 7.35. The monoisotopic (exact) mass is 320 g/mol. The van der Waals surface area contributed by atoms with Gasteiger partial charge in [-0.15, -0.1) is 0 Å². The summed E-state index contributed by atoms with van der Waals surface area (Å²) in [6.07, 6.45) is 0. The number of likely N-dealkylation sites (N-methyl/N-ethyl adjacent to an activating group) is 1. The Hall–Kier alpha value is -1.75. The van der Waals surface area contributed by atoms with Gasteiger partial charge in [0.2, 0.25) is 0 Å². The molecule has 1 aromatic rings. The van der Waals surface area contributed by atoms with Crippen LogP contribution in [0.1, 0.15) is 32.4 Å². The predicted molar refractivity (Wildman–Crippen MR) is 98.2 cm³/mol. The molecule has 0 radical (unpaired) electrons. The minimum absolute atomic E-state index is 0.258. The zero-order valence-electron chi connectivity index (χ0n) is 15.6. The number of hydrogen-bond acceptors (Lipinski definition) is 3. The maximum atomic E-state index is 5.23. The lowest BCUT2D eigenvalue weighted by Crippen LogP contribution is -2.46. The summed E-state index contributed by atoms with van der Waals surface area (Å²) in [5, 5.41) is 6.86. The highest BCUT2D eigenvalue weighted by Crippen LogP contribution is 2.20. The number of aliphatic imine (C=N–C) groups is 1. The fraction of sp³-hybridized carbons (Fsp3) is 0.611. The first-order valence-electron chi connectivity index (χ1n) is 8.16. The first kappa shape index (κ1) is 19.3. The van der Waals surface area contributed by atoms with E-state index in [0.717, 1.165) is 18.3 Å². The zero-order chi connectivity index (χ0) is 17.4. The molecule has 1 aromatic carbocycles. The van der Waals surface area contributed by atoms with Crippen LogP contribution in [0.4, 0.5) is 0 Å². The molecule has 0 spiro atoms. The van der Waals surface area contributed by atoms with E-state index in [-0.39, 0.29) is 6.04 Å². The molecule has 0 saturated heterocycles. The lowest BCUT2D eigenvalue weighted by atomic mass is 10.1. The van der Waals surface area contributed by atoms with E-state index >= 15 is 0 Å². The number of nitrogens with zero attached hydrogens (tertiary/aromatic N) is 2. The van der Waals surface area contributed by atoms with Crippen LogP contribution >= 0.6 is 0 Å². The lowest BCUT2D eigenvalue weighted by Gasteiger charge is -2.27. The van der Waals surface area contributed by atoms with Gasteiger partial charge in [0, 0.05) is 19.6 Å². The molecule has 5 heteroatoms. The summed E-state index contributed by atoms with van der Waals surface area (Å²) in [5.74, 6) is 2.27. The Morgan fingerprint density at radius 2 is 1.78 bits per heavy atom. The summed E-state index contributed by atoms with van der Waals surface area (Å²) < 4.78 is 5.23. The van der Waals surface area contributed by atoms with Gasteiger partial charge in [-0.3, -0.25) is 4.99 Å². The van der Waals surface area contributed by atoms with Crippen molar-refractivity contribution in [3.8, 4) is 5.75 Å². The molecule has 23 heavy (non-hydrogen) atoms. The van der Waals surface area contributed by atoms with Crippen molar-refractivity contribution in [1.29, 1.82) is 0 Å². The molecule has 1 rings (SSSR count). The van der Waals surface area contributed by atoms with E-state index in [9.17, 15) is 0 Å². The van der Waals surface area contributed by atoms with Crippen LogP contribution < -0.4 is 15.4 Å². The van der Waals surface area contributed by atoms with Crippen LogP contribution in [-0.2, 0) is 0 Å². The Morgan fingerprint density at radius 1 is 1.17 bits per heavy atom. The Labute approximate surface area is 141 Å². The minimum atomic E-state index is 0.258. The highest BCUT2D eigenvalue weighted by Gasteiger charge is 2.16. The number of ether oxygens (including phenoxy) is 1. The van der Waals surface area contributed by atoms with Crippen molar-refractivity contribution in [2.24, 2.45) is 10.9 Å². The Morgan fingerprint density at radius 3 is 2.22 bits per heavy atom. The first-order valence-corrected chi connectivity index (χ1v) is 8.16. The maximum Gasteiger partial charge on any atom is 0.191 e. The van der Waals surface area contributed by atoms with Gasteiger partial charge >= 0.3 is 0 Å². The van der Waals surface area contributed by atoms with Crippen molar-refractivity contribution < 1.29 is 4.74 Å².